The van der Waals surface area contributed by atoms with Crippen molar-refractivity contribution >= 4 is 62.7 Å². The number of amides is 4. The predicted octanol–water partition coefficient (Wildman–Crippen LogP) is 18.8. The van der Waals surface area contributed by atoms with Crippen LogP contribution in [0.15, 0.2) is 40.5 Å². The molecular formula is C82H156N8O8S3. The van der Waals surface area contributed by atoms with Gasteiger partial charge in [-0.25, -0.2) is 9.19 Å². The smallest absolute Gasteiger partial charge is 0.293 e. The number of carbonyl (C=O) groups is 4. The van der Waals surface area contributed by atoms with Gasteiger partial charge in [-0.1, -0.05) is 278 Å². The molecule has 0 bridgehead atoms. The Hall–Kier alpha value is -3.78. The average Bonchev–Trinajstić information content (AvgIpc) is 1.80. The van der Waals surface area contributed by atoms with Gasteiger partial charge in [-0.2, -0.15) is 0 Å². The van der Waals surface area contributed by atoms with Crippen LogP contribution in [-0.4, -0.2) is 121 Å². The Morgan fingerprint density at radius 2 is 0.980 bits per heavy atom. The van der Waals surface area contributed by atoms with Crippen LogP contribution in [0.5, 0.6) is 5.75 Å². The minimum absolute atomic E-state index is 0.0671. The molecule has 1 aromatic heterocycles. The van der Waals surface area contributed by atoms with Crippen LogP contribution >= 0.6 is 23.5 Å². The minimum atomic E-state index is -2.32. The first-order valence-corrected chi connectivity index (χ1v) is 40.7. The molecule has 4 amide bonds. The summed E-state index contributed by atoms with van der Waals surface area (Å²) in [4.78, 5) is 67.8. The summed E-state index contributed by atoms with van der Waals surface area (Å²) in [5.41, 5.74) is 2.98. The van der Waals surface area contributed by atoms with Crippen LogP contribution in [0.1, 0.15) is 298 Å². The number of carbonyl (C=O) groups excluding carboxylic acids is 4. The number of thioether (sulfide) groups is 2. The molecule has 5 atom stereocenters. The molecule has 5 unspecified atom stereocenters. The predicted molar refractivity (Wildman–Crippen MR) is 439 cm³/mol. The summed E-state index contributed by atoms with van der Waals surface area (Å²) in [5.74, 6) is 7.30. The Balaban J connectivity index is 0. The number of ether oxygens (including phenoxy) is 1. The molecule has 0 radical (unpaired) electrons. The van der Waals surface area contributed by atoms with E-state index in [1.54, 1.807) is 30.4 Å². The number of aromatic hydroxyl groups is 1. The largest absolute Gasteiger partial charge is 0.502 e. The fraction of sp³-hybridized carbons (Fsp3) is 0.817. The minimum Gasteiger partial charge on any atom is -0.502 e. The van der Waals surface area contributed by atoms with Crippen LogP contribution in [0.25, 0.3) is 0 Å². The zero-order valence-corrected chi connectivity index (χ0v) is 74.0. The highest BCUT2D eigenvalue weighted by Crippen LogP contribution is 2.44. The van der Waals surface area contributed by atoms with Crippen molar-refractivity contribution in [2.24, 2.45) is 72.4 Å². The van der Waals surface area contributed by atoms with E-state index in [0.717, 1.165) is 53.5 Å². The standard InChI is InChI=1S/C10H17NOS.C9H14N2O2.C9H17NO2S.C9H15NO2.C9H15NOS.2C8H17N.C8H16.2C6H14/c1-7-11-8(12)10(5,13-7)6-9(2,3)4;1-5-10-7(9(2,3)4)6(12)8(13)11-5;1-9(2,3)5-7-6-13(4,12)10-8(7)11;2*1-6-10-8(11)7(12-6)5-9(2,3)4;2*1-8(2,3)7-5-9(4)6-7;1-8(2,3)7-5-4-6-7;2*1-5-6(2,3)4/h1,6H2,2-5H3,(H,11,12);12H,1-4H3,(H,10,11,13);7H,4-6H2,1-3H3,(H,10,11,12);2*7H,1,5H2,2-4H3,(H,10,11);2*7H,5-6H2,1-4H3;7H,4-6H2,1-3H3;2*5H2,1-4H3. The summed E-state index contributed by atoms with van der Waals surface area (Å²) < 4.78 is 18.8. The molecule has 0 spiro atoms. The maximum atomic E-state index is 11.6. The summed E-state index contributed by atoms with van der Waals surface area (Å²) in [6, 6.07) is 0. The van der Waals surface area contributed by atoms with E-state index >= 15 is 0 Å². The Labute approximate surface area is 629 Å². The number of H-pyrrole nitrogens is 1. The summed E-state index contributed by atoms with van der Waals surface area (Å²) in [7, 11) is 2.05. The maximum Gasteiger partial charge on any atom is 0.293 e. The van der Waals surface area contributed by atoms with Crippen LogP contribution in [0, 0.1) is 79.3 Å². The Kier molecular flexibility index (Phi) is 39.0. The van der Waals surface area contributed by atoms with Gasteiger partial charge in [0.15, 0.2) is 12.0 Å². The van der Waals surface area contributed by atoms with Crippen LogP contribution in [-0.2, 0) is 39.0 Å². The van der Waals surface area contributed by atoms with E-state index in [-0.39, 0.29) is 78.5 Å². The normalized spacial score (nSPS) is 23.0. The van der Waals surface area contributed by atoms with Crippen LogP contribution in [0.4, 0.5) is 0 Å². The first-order valence-electron chi connectivity index (χ1n) is 37.1. The highest BCUT2D eigenvalue weighted by Gasteiger charge is 2.44. The summed E-state index contributed by atoms with van der Waals surface area (Å²) in [6.45, 7) is 89.7. The van der Waals surface area contributed by atoms with Crippen molar-refractivity contribution in [2.45, 2.75) is 315 Å². The molecule has 1 aliphatic carbocycles. The van der Waals surface area contributed by atoms with Gasteiger partial charge < -0.3 is 35.3 Å². The van der Waals surface area contributed by atoms with Crippen molar-refractivity contribution in [1.29, 1.82) is 0 Å². The second-order valence-corrected chi connectivity index (χ2v) is 46.0. The molecule has 1 saturated carbocycles. The molecule has 101 heavy (non-hydrogen) atoms. The van der Waals surface area contributed by atoms with Gasteiger partial charge in [0.2, 0.25) is 23.5 Å². The molecule has 7 fully saturated rings. The van der Waals surface area contributed by atoms with E-state index in [1.165, 1.54) is 58.3 Å². The van der Waals surface area contributed by atoms with Gasteiger partial charge in [0.05, 0.1) is 31.7 Å². The fourth-order valence-corrected chi connectivity index (χ4v) is 14.7. The lowest BCUT2D eigenvalue weighted by atomic mass is 9.69. The Bertz CT molecular complexity index is 2870. The fourth-order valence-electron chi connectivity index (χ4n) is 10.5. The number of aromatic amines is 1. The highest BCUT2D eigenvalue weighted by molar-refractivity contribution is 8.05. The lowest BCUT2D eigenvalue weighted by Gasteiger charge is -2.44. The average molecular weight is 1480 g/mol. The molecule has 7 heterocycles. The summed E-state index contributed by atoms with van der Waals surface area (Å²) in [6.07, 6.45) is 9.88. The lowest BCUT2D eigenvalue weighted by Crippen LogP contribution is -2.49. The van der Waals surface area contributed by atoms with Gasteiger partial charge in [0.25, 0.3) is 11.5 Å². The van der Waals surface area contributed by atoms with Gasteiger partial charge in [-0.05, 0) is 145 Å². The topological polar surface area (TPSA) is 215 Å². The van der Waals surface area contributed by atoms with E-state index < -0.39 is 15.3 Å². The van der Waals surface area contributed by atoms with Gasteiger partial charge >= 0.3 is 0 Å². The number of aromatic nitrogens is 2. The molecule has 6 N–H and O–H groups in total. The number of nitrogens with zero attached hydrogens (tertiary/aromatic N) is 3. The van der Waals surface area contributed by atoms with Crippen molar-refractivity contribution in [1.82, 2.24) is 40.4 Å². The maximum absolute atomic E-state index is 11.6. The molecule has 1 aromatic rings. The van der Waals surface area contributed by atoms with Gasteiger partial charge in [0, 0.05) is 47.1 Å². The first kappa shape index (κ1) is 99.3. The zero-order valence-electron chi connectivity index (χ0n) is 71.6. The zero-order chi connectivity index (χ0) is 80.2. The van der Waals surface area contributed by atoms with Crippen LogP contribution in [0.2, 0.25) is 0 Å². The van der Waals surface area contributed by atoms with E-state index in [2.05, 4.69) is 281 Å². The SMILES string of the molecule is C=C1NC(=O)C(C)(CC(C)(C)C)S1.C=C1NC(=O)C(CC(C)(C)C)O1.C=C1NC(=O)C(CC(C)(C)C)S1.C=S1(=O)CC(CC(C)(C)C)C(=O)N1.CC(C)(C)C1CCC1.CCC(C)(C)C.CCC(C)(C)C.CN1CC(C(C)(C)C)C1.CN1CC(C(C)(C)C)C1.Cc1nc(C(C)(C)C)c(O)c(=O)[nH]1. The highest BCUT2D eigenvalue weighted by atomic mass is 32.2. The third-order valence-electron chi connectivity index (χ3n) is 18.0. The Morgan fingerprint density at radius 3 is 1.21 bits per heavy atom. The Morgan fingerprint density at radius 1 is 0.574 bits per heavy atom. The monoisotopic (exact) mass is 1480 g/mol. The molecule has 8 rings (SSSR count). The molecule has 590 valence electrons. The van der Waals surface area contributed by atoms with Gasteiger partial charge in [-0.3, -0.25) is 34.0 Å². The summed E-state index contributed by atoms with van der Waals surface area (Å²) >= 11 is 3.09. The third-order valence-corrected chi connectivity index (χ3v) is 21.7. The molecule has 6 aliphatic heterocycles. The number of hydrogen-bond donors (Lipinski definition) is 6. The lowest BCUT2D eigenvalue weighted by molar-refractivity contribution is -0.124. The molecule has 6 saturated heterocycles. The number of nitrogens with one attached hydrogen (secondary N) is 5. The summed E-state index contributed by atoms with van der Waals surface area (Å²) in [5, 5.41) is 19.1. The molecule has 19 heteroatoms. The molecule has 16 nitrogen and oxygen atoms in total. The van der Waals surface area contributed by atoms with E-state index in [4.69, 9.17) is 4.74 Å². The quantitative estimate of drug-likeness (QED) is 0.155. The third kappa shape index (κ3) is 44.7. The number of likely N-dealkylation sites (tertiary alicyclic amines) is 2. The van der Waals surface area contributed by atoms with Crippen molar-refractivity contribution in [3.8, 4) is 5.75 Å². The van der Waals surface area contributed by atoms with E-state index in [1.807, 2.05) is 27.7 Å². The van der Waals surface area contributed by atoms with Crippen molar-refractivity contribution < 1.29 is 33.2 Å². The molecule has 0 aromatic carbocycles. The second-order valence-electron chi connectivity index (χ2n) is 40.9. The van der Waals surface area contributed by atoms with E-state index in [9.17, 15) is 33.3 Å². The molecular weight excluding hydrogens is 1320 g/mol. The number of hydrogen-bond acceptors (Lipinski definition) is 13. The van der Waals surface area contributed by atoms with E-state index in [0.29, 0.717) is 50.2 Å². The second kappa shape index (κ2) is 39.7. The number of aryl methyl sites for hydroxylation is 1. The molecule has 7 aliphatic rings. The van der Waals surface area contributed by atoms with Crippen LogP contribution < -0.4 is 26.2 Å². The van der Waals surface area contributed by atoms with Crippen molar-refractivity contribution in [3.05, 3.63) is 57.6 Å². The first-order chi connectivity index (χ1) is 44.7. The van der Waals surface area contributed by atoms with Crippen molar-refractivity contribution in [3.63, 3.8) is 0 Å². The number of rotatable bonds is 4. The van der Waals surface area contributed by atoms with Crippen LogP contribution in [0.3, 0.4) is 0 Å². The van der Waals surface area contributed by atoms with Gasteiger partial charge in [0.1, 0.15) is 5.82 Å². The van der Waals surface area contributed by atoms with Gasteiger partial charge in [-0.15, -0.1) is 0 Å². The van der Waals surface area contributed by atoms with Crippen molar-refractivity contribution in [2.75, 3.05) is 46.0 Å².